The second kappa shape index (κ2) is 7.29. The van der Waals surface area contributed by atoms with Crippen LogP contribution >= 0.6 is 23.2 Å². The van der Waals surface area contributed by atoms with Crippen LogP contribution in [0, 0.1) is 17.0 Å². The van der Waals surface area contributed by atoms with Crippen molar-refractivity contribution in [3.05, 3.63) is 62.1 Å². The van der Waals surface area contributed by atoms with Gasteiger partial charge in [0.05, 0.1) is 15.6 Å². The molecule has 24 heavy (non-hydrogen) atoms. The van der Waals surface area contributed by atoms with E-state index >= 15 is 0 Å². The average Bonchev–Trinajstić information content (AvgIpc) is 2.52. The van der Waals surface area contributed by atoms with Crippen molar-refractivity contribution in [3.8, 4) is 0 Å². The number of rotatable bonds is 3. The molecule has 7 nitrogen and oxygen atoms in total. The molecule has 0 spiro atoms. The highest BCUT2D eigenvalue weighted by molar-refractivity contribution is 6.45. The summed E-state index contributed by atoms with van der Waals surface area (Å²) in [7, 11) is 0. The highest BCUT2D eigenvalue weighted by atomic mass is 35.5. The summed E-state index contributed by atoms with van der Waals surface area (Å²) in [6.45, 7) is 1.74. The molecule has 0 saturated heterocycles. The largest absolute Gasteiger partial charge is 0.317 e. The summed E-state index contributed by atoms with van der Waals surface area (Å²) in [5, 5.41) is 15.9. The lowest BCUT2D eigenvalue weighted by molar-refractivity contribution is -0.384. The molecule has 0 aliphatic heterocycles. The van der Waals surface area contributed by atoms with Gasteiger partial charge in [0.15, 0.2) is 0 Å². The maximum absolute atomic E-state index is 12.0. The minimum atomic E-state index is -1.02. The highest BCUT2D eigenvalue weighted by Crippen LogP contribution is 2.27. The molecule has 2 amide bonds. The van der Waals surface area contributed by atoms with E-state index < -0.39 is 16.7 Å². The van der Waals surface area contributed by atoms with E-state index in [1.807, 2.05) is 0 Å². The fraction of sp³-hybridized carbons (Fsp3) is 0.0667. The first kappa shape index (κ1) is 17.7. The molecule has 0 heterocycles. The Kier molecular flexibility index (Phi) is 5.38. The molecular weight excluding hydrogens is 357 g/mol. The molecule has 0 saturated carbocycles. The number of nitro groups is 1. The van der Waals surface area contributed by atoms with Gasteiger partial charge in [-0.2, -0.15) is 0 Å². The molecule has 0 fully saturated rings. The smallest absolute Gasteiger partial charge is 0.314 e. The van der Waals surface area contributed by atoms with Crippen molar-refractivity contribution in [1.29, 1.82) is 0 Å². The Morgan fingerprint density at radius 1 is 1.00 bits per heavy atom. The topological polar surface area (TPSA) is 101 Å². The van der Waals surface area contributed by atoms with E-state index in [4.69, 9.17) is 23.2 Å². The number of hydrogen-bond donors (Lipinski definition) is 2. The molecule has 2 aromatic carbocycles. The Hall–Kier alpha value is -2.64. The fourth-order valence-electron chi connectivity index (χ4n) is 1.81. The lowest BCUT2D eigenvalue weighted by atomic mass is 10.2. The van der Waals surface area contributed by atoms with E-state index in [2.05, 4.69) is 10.6 Å². The van der Waals surface area contributed by atoms with Crippen molar-refractivity contribution >= 4 is 52.1 Å². The van der Waals surface area contributed by atoms with Crippen molar-refractivity contribution in [1.82, 2.24) is 0 Å². The third-order valence-corrected chi connectivity index (χ3v) is 3.63. The van der Waals surface area contributed by atoms with Gasteiger partial charge in [-0.15, -0.1) is 0 Å². The van der Waals surface area contributed by atoms with Crippen LogP contribution in [-0.2, 0) is 9.59 Å². The number of nitrogens with zero attached hydrogens (tertiary/aromatic N) is 1. The van der Waals surface area contributed by atoms with Gasteiger partial charge in [0, 0.05) is 22.8 Å². The van der Waals surface area contributed by atoms with Crippen LogP contribution in [0.25, 0.3) is 0 Å². The first-order chi connectivity index (χ1) is 11.3. The van der Waals surface area contributed by atoms with E-state index in [9.17, 15) is 19.7 Å². The van der Waals surface area contributed by atoms with Crippen molar-refractivity contribution < 1.29 is 14.5 Å². The van der Waals surface area contributed by atoms with Crippen LogP contribution in [0.5, 0.6) is 0 Å². The second-order valence-electron chi connectivity index (χ2n) is 4.79. The quantitative estimate of drug-likeness (QED) is 0.489. The molecular formula is C15H11Cl2N3O4. The van der Waals surface area contributed by atoms with E-state index in [0.29, 0.717) is 16.3 Å². The van der Waals surface area contributed by atoms with Crippen LogP contribution < -0.4 is 10.6 Å². The van der Waals surface area contributed by atoms with Crippen LogP contribution in [0.4, 0.5) is 17.1 Å². The predicted octanol–water partition coefficient (Wildman–Crippen LogP) is 3.79. The summed E-state index contributed by atoms with van der Waals surface area (Å²) in [5.41, 5.74) is 0.802. The molecule has 0 radical (unpaired) electrons. The molecule has 124 valence electrons. The maximum Gasteiger partial charge on any atom is 0.314 e. The number of nitrogens with one attached hydrogen (secondary N) is 2. The molecule has 0 atom stereocenters. The normalized spacial score (nSPS) is 10.1. The average molecular weight is 368 g/mol. The minimum Gasteiger partial charge on any atom is -0.317 e. The van der Waals surface area contributed by atoms with E-state index in [-0.39, 0.29) is 16.4 Å². The van der Waals surface area contributed by atoms with E-state index in [1.54, 1.807) is 19.1 Å². The van der Waals surface area contributed by atoms with Crippen molar-refractivity contribution in [2.24, 2.45) is 0 Å². The summed E-state index contributed by atoms with van der Waals surface area (Å²) >= 11 is 11.7. The number of benzene rings is 2. The number of anilines is 2. The number of amides is 2. The van der Waals surface area contributed by atoms with Crippen LogP contribution in [0.15, 0.2) is 36.4 Å². The Balaban J connectivity index is 2.15. The van der Waals surface area contributed by atoms with Crippen molar-refractivity contribution in [2.75, 3.05) is 10.6 Å². The van der Waals surface area contributed by atoms with Gasteiger partial charge in [0.25, 0.3) is 5.69 Å². The second-order valence-corrected chi connectivity index (χ2v) is 5.63. The van der Waals surface area contributed by atoms with Gasteiger partial charge in [0.2, 0.25) is 0 Å². The summed E-state index contributed by atoms with van der Waals surface area (Å²) in [5.74, 6) is -1.97. The molecule has 0 unspecified atom stereocenters. The fourth-order valence-corrected chi connectivity index (χ4v) is 2.15. The van der Waals surface area contributed by atoms with Gasteiger partial charge >= 0.3 is 11.8 Å². The summed E-state index contributed by atoms with van der Waals surface area (Å²) < 4.78 is 0. The third kappa shape index (κ3) is 4.21. The number of halogens is 2. The SMILES string of the molecule is Cc1ccc(Cl)cc1NC(=O)C(=O)Nc1cc([N+](=O)[O-])ccc1Cl. The number of hydrogen-bond acceptors (Lipinski definition) is 4. The summed E-state index contributed by atoms with van der Waals surface area (Å²) in [6, 6.07) is 8.35. The number of non-ortho nitro benzene ring substituents is 1. The van der Waals surface area contributed by atoms with Crippen molar-refractivity contribution in [2.45, 2.75) is 6.92 Å². The van der Waals surface area contributed by atoms with Crippen LogP contribution in [-0.4, -0.2) is 16.7 Å². The summed E-state index contributed by atoms with van der Waals surface area (Å²) in [6.07, 6.45) is 0. The molecule has 2 N–H and O–H groups in total. The van der Waals surface area contributed by atoms with E-state index in [0.717, 1.165) is 6.07 Å². The monoisotopic (exact) mass is 367 g/mol. The lowest BCUT2D eigenvalue weighted by Gasteiger charge is -2.10. The van der Waals surface area contributed by atoms with Crippen LogP contribution in [0.3, 0.4) is 0 Å². The standard InChI is InChI=1S/C15H11Cl2N3O4/c1-8-2-3-9(16)6-12(8)18-14(21)15(22)19-13-7-10(20(23)24)4-5-11(13)17/h2-7H,1H3,(H,18,21)(H,19,22). The van der Waals surface area contributed by atoms with Crippen molar-refractivity contribution in [3.63, 3.8) is 0 Å². The van der Waals surface area contributed by atoms with E-state index in [1.165, 1.54) is 18.2 Å². The summed E-state index contributed by atoms with van der Waals surface area (Å²) in [4.78, 5) is 34.0. The molecule has 0 bridgehead atoms. The molecule has 0 aliphatic carbocycles. The number of carbonyl (C=O) groups is 2. The Morgan fingerprint density at radius 3 is 2.25 bits per heavy atom. The third-order valence-electron chi connectivity index (χ3n) is 3.06. The zero-order valence-corrected chi connectivity index (χ0v) is 13.8. The molecule has 0 aliphatic rings. The number of carbonyl (C=O) groups excluding carboxylic acids is 2. The first-order valence-corrected chi connectivity index (χ1v) is 7.36. The predicted molar refractivity (Wildman–Crippen MR) is 91.6 cm³/mol. The number of aryl methyl sites for hydroxylation is 1. The zero-order valence-electron chi connectivity index (χ0n) is 12.3. The Morgan fingerprint density at radius 2 is 1.62 bits per heavy atom. The number of nitro benzene ring substituents is 1. The van der Waals surface area contributed by atoms with Gasteiger partial charge < -0.3 is 10.6 Å². The lowest BCUT2D eigenvalue weighted by Crippen LogP contribution is -2.29. The minimum absolute atomic E-state index is 0.0335. The van der Waals surface area contributed by atoms with Crippen LogP contribution in [0.2, 0.25) is 10.0 Å². The van der Waals surface area contributed by atoms with Gasteiger partial charge in [-0.3, -0.25) is 19.7 Å². The van der Waals surface area contributed by atoms with Gasteiger partial charge in [-0.05, 0) is 30.7 Å². The maximum atomic E-state index is 12.0. The van der Waals surface area contributed by atoms with Gasteiger partial charge in [-0.25, -0.2) is 0 Å². The molecule has 0 aromatic heterocycles. The molecule has 9 heteroatoms. The van der Waals surface area contributed by atoms with Gasteiger partial charge in [0.1, 0.15) is 0 Å². The van der Waals surface area contributed by atoms with Crippen LogP contribution in [0.1, 0.15) is 5.56 Å². The Labute approximate surface area is 146 Å². The molecule has 2 rings (SSSR count). The first-order valence-electron chi connectivity index (χ1n) is 6.60. The Bertz CT molecular complexity index is 839. The highest BCUT2D eigenvalue weighted by Gasteiger charge is 2.18. The zero-order chi connectivity index (χ0) is 17.9. The van der Waals surface area contributed by atoms with Gasteiger partial charge in [-0.1, -0.05) is 29.3 Å². The molecule has 2 aromatic rings.